The molecule has 2 nitrogen and oxygen atoms in total. The smallest absolute Gasteiger partial charge is 0.0226 e. The van der Waals surface area contributed by atoms with Crippen LogP contribution in [0.1, 0.15) is 53.9 Å². The summed E-state index contributed by atoms with van der Waals surface area (Å²) in [4.78, 5) is 2.65. The molecule has 3 atom stereocenters. The van der Waals surface area contributed by atoms with Gasteiger partial charge in [0.1, 0.15) is 0 Å². The second-order valence-corrected chi connectivity index (χ2v) is 6.75. The van der Waals surface area contributed by atoms with Gasteiger partial charge in [-0.05, 0) is 44.1 Å². The number of hydrogen-bond donors (Lipinski definition) is 1. The van der Waals surface area contributed by atoms with Gasteiger partial charge in [-0.2, -0.15) is 0 Å². The minimum Gasteiger partial charge on any atom is -0.329 e. The van der Waals surface area contributed by atoms with Crippen molar-refractivity contribution >= 4 is 0 Å². The fourth-order valence-electron chi connectivity index (χ4n) is 2.93. The standard InChI is InChI=1S/C14H30N2/c1-11-7-6-8-16(12(11)2)13(10-15)9-14(3,4)5/h11-13H,6-10,15H2,1-5H3. The average molecular weight is 226 g/mol. The Hall–Kier alpha value is -0.0800. The van der Waals surface area contributed by atoms with Gasteiger partial charge >= 0.3 is 0 Å². The Bertz CT molecular complexity index is 207. The topological polar surface area (TPSA) is 29.3 Å². The van der Waals surface area contributed by atoms with Gasteiger partial charge in [0.15, 0.2) is 0 Å². The van der Waals surface area contributed by atoms with Crippen LogP contribution in [0.5, 0.6) is 0 Å². The quantitative estimate of drug-likeness (QED) is 0.802. The fourth-order valence-corrected chi connectivity index (χ4v) is 2.93. The average Bonchev–Trinajstić information content (AvgIpc) is 2.18. The molecule has 1 saturated heterocycles. The van der Waals surface area contributed by atoms with E-state index in [0.717, 1.165) is 12.5 Å². The van der Waals surface area contributed by atoms with Crippen LogP contribution in [0.4, 0.5) is 0 Å². The van der Waals surface area contributed by atoms with E-state index in [1.807, 2.05) is 0 Å². The highest BCUT2D eigenvalue weighted by molar-refractivity contribution is 4.86. The lowest BCUT2D eigenvalue weighted by atomic mass is 9.84. The molecule has 2 heteroatoms. The van der Waals surface area contributed by atoms with Gasteiger partial charge in [0, 0.05) is 18.6 Å². The zero-order chi connectivity index (χ0) is 12.3. The lowest BCUT2D eigenvalue weighted by Crippen LogP contribution is -2.52. The highest BCUT2D eigenvalue weighted by Gasteiger charge is 2.31. The van der Waals surface area contributed by atoms with Crippen molar-refractivity contribution in [3.8, 4) is 0 Å². The molecule has 0 amide bonds. The van der Waals surface area contributed by atoms with Crippen LogP contribution < -0.4 is 5.73 Å². The minimum absolute atomic E-state index is 0.379. The molecule has 0 aromatic rings. The molecule has 3 unspecified atom stereocenters. The first-order chi connectivity index (χ1) is 7.35. The maximum absolute atomic E-state index is 5.98. The summed E-state index contributed by atoms with van der Waals surface area (Å²) in [6.45, 7) is 13.7. The molecule has 1 aliphatic heterocycles. The second kappa shape index (κ2) is 5.50. The van der Waals surface area contributed by atoms with E-state index in [2.05, 4.69) is 39.5 Å². The Morgan fingerprint density at radius 2 is 1.94 bits per heavy atom. The van der Waals surface area contributed by atoms with Gasteiger partial charge in [-0.3, -0.25) is 4.90 Å². The van der Waals surface area contributed by atoms with E-state index in [1.54, 1.807) is 0 Å². The van der Waals surface area contributed by atoms with Crippen LogP contribution >= 0.6 is 0 Å². The predicted molar refractivity (Wildman–Crippen MR) is 71.5 cm³/mol. The maximum atomic E-state index is 5.98. The van der Waals surface area contributed by atoms with Crippen molar-refractivity contribution in [1.29, 1.82) is 0 Å². The van der Waals surface area contributed by atoms with E-state index < -0.39 is 0 Å². The molecule has 1 aliphatic rings. The molecule has 0 aliphatic carbocycles. The first kappa shape index (κ1) is 14.0. The third kappa shape index (κ3) is 3.74. The Morgan fingerprint density at radius 3 is 2.44 bits per heavy atom. The molecule has 16 heavy (non-hydrogen) atoms. The van der Waals surface area contributed by atoms with Gasteiger partial charge in [-0.25, -0.2) is 0 Å². The number of piperidine rings is 1. The number of nitrogens with two attached hydrogens (primary N) is 1. The van der Waals surface area contributed by atoms with Gasteiger partial charge in [0.25, 0.3) is 0 Å². The summed E-state index contributed by atoms with van der Waals surface area (Å²) in [5.74, 6) is 0.822. The van der Waals surface area contributed by atoms with Gasteiger partial charge < -0.3 is 5.73 Å². The molecule has 0 radical (unpaired) electrons. The molecular weight excluding hydrogens is 196 g/mol. The zero-order valence-corrected chi connectivity index (χ0v) is 11.8. The molecule has 0 bridgehead atoms. The molecule has 0 aromatic heterocycles. The fraction of sp³-hybridized carbons (Fsp3) is 1.00. The monoisotopic (exact) mass is 226 g/mol. The van der Waals surface area contributed by atoms with Crippen LogP contribution in [0.2, 0.25) is 0 Å². The van der Waals surface area contributed by atoms with Gasteiger partial charge in [0.05, 0.1) is 0 Å². The summed E-state index contributed by atoms with van der Waals surface area (Å²) in [7, 11) is 0. The van der Waals surface area contributed by atoms with Gasteiger partial charge in [0.2, 0.25) is 0 Å². The van der Waals surface area contributed by atoms with E-state index in [1.165, 1.54) is 25.8 Å². The lowest BCUT2D eigenvalue weighted by Gasteiger charge is -2.44. The summed E-state index contributed by atoms with van der Waals surface area (Å²) in [6, 6.07) is 1.27. The van der Waals surface area contributed by atoms with E-state index in [0.29, 0.717) is 17.5 Å². The molecule has 0 saturated carbocycles. The SMILES string of the molecule is CC1CCCN(C(CN)CC(C)(C)C)C1C. The third-order valence-corrected chi connectivity index (χ3v) is 4.01. The third-order valence-electron chi connectivity index (χ3n) is 4.01. The summed E-state index contributed by atoms with van der Waals surface area (Å²) in [6.07, 6.45) is 3.93. The number of likely N-dealkylation sites (tertiary alicyclic amines) is 1. The molecule has 0 spiro atoms. The normalized spacial score (nSPS) is 30.4. The molecule has 96 valence electrons. The van der Waals surface area contributed by atoms with E-state index in [-0.39, 0.29) is 0 Å². The number of nitrogens with zero attached hydrogens (tertiary/aromatic N) is 1. The van der Waals surface area contributed by atoms with E-state index in [4.69, 9.17) is 5.73 Å². The molecule has 2 N–H and O–H groups in total. The van der Waals surface area contributed by atoms with Crippen LogP contribution in [0.15, 0.2) is 0 Å². The van der Waals surface area contributed by atoms with Crippen molar-refractivity contribution in [3.63, 3.8) is 0 Å². The van der Waals surface area contributed by atoms with Crippen LogP contribution in [-0.2, 0) is 0 Å². The van der Waals surface area contributed by atoms with Gasteiger partial charge in [-0.15, -0.1) is 0 Å². The van der Waals surface area contributed by atoms with Crippen molar-refractivity contribution in [2.75, 3.05) is 13.1 Å². The molecule has 1 rings (SSSR count). The van der Waals surface area contributed by atoms with Crippen molar-refractivity contribution in [1.82, 2.24) is 4.90 Å². The molecule has 1 fully saturated rings. The van der Waals surface area contributed by atoms with Crippen molar-refractivity contribution < 1.29 is 0 Å². The first-order valence-electron chi connectivity index (χ1n) is 6.81. The largest absolute Gasteiger partial charge is 0.329 e. The van der Waals surface area contributed by atoms with Crippen LogP contribution in [0.25, 0.3) is 0 Å². The highest BCUT2D eigenvalue weighted by Crippen LogP contribution is 2.29. The second-order valence-electron chi connectivity index (χ2n) is 6.75. The number of rotatable bonds is 3. The number of hydrogen-bond acceptors (Lipinski definition) is 2. The summed E-state index contributed by atoms with van der Waals surface area (Å²) >= 11 is 0. The minimum atomic E-state index is 0.379. The zero-order valence-electron chi connectivity index (χ0n) is 11.8. The Balaban J connectivity index is 2.64. The Morgan fingerprint density at radius 1 is 1.31 bits per heavy atom. The van der Waals surface area contributed by atoms with Gasteiger partial charge in [-0.1, -0.05) is 27.7 Å². The van der Waals surface area contributed by atoms with Crippen molar-refractivity contribution in [2.24, 2.45) is 17.1 Å². The lowest BCUT2D eigenvalue weighted by molar-refractivity contribution is 0.0522. The molecule has 1 heterocycles. The van der Waals surface area contributed by atoms with E-state index in [9.17, 15) is 0 Å². The Labute approximate surface area is 102 Å². The Kier molecular flexibility index (Phi) is 4.81. The molecular formula is C14H30N2. The summed E-state index contributed by atoms with van der Waals surface area (Å²) in [5, 5.41) is 0. The van der Waals surface area contributed by atoms with Crippen molar-refractivity contribution in [2.45, 2.75) is 66.0 Å². The predicted octanol–water partition coefficient (Wildman–Crippen LogP) is 2.87. The van der Waals surface area contributed by atoms with Crippen LogP contribution in [-0.4, -0.2) is 30.1 Å². The molecule has 0 aromatic carbocycles. The van der Waals surface area contributed by atoms with Crippen LogP contribution in [0, 0.1) is 11.3 Å². The summed E-state index contributed by atoms with van der Waals surface area (Å²) in [5.41, 5.74) is 6.36. The summed E-state index contributed by atoms with van der Waals surface area (Å²) < 4.78 is 0. The van der Waals surface area contributed by atoms with Crippen LogP contribution in [0.3, 0.4) is 0 Å². The maximum Gasteiger partial charge on any atom is 0.0226 e. The van der Waals surface area contributed by atoms with Crippen molar-refractivity contribution in [3.05, 3.63) is 0 Å². The van der Waals surface area contributed by atoms with E-state index >= 15 is 0 Å². The highest BCUT2D eigenvalue weighted by atomic mass is 15.2. The first-order valence-corrected chi connectivity index (χ1v) is 6.81.